The fourth-order valence-electron chi connectivity index (χ4n) is 2.88. The van der Waals surface area contributed by atoms with Crippen LogP contribution in [0.25, 0.3) is 0 Å². The standard InChI is InChI=1S/C21H26N4O2/c1-25(2)20(26)15-23-21(22-14-16-8-4-3-5-9-16)24-18-12-13-27-19-11-7-6-10-17(18)19/h3-11,18H,12-15H2,1-2H3,(H2,22,23,24). The number of para-hydroxylation sites is 1. The number of benzene rings is 2. The van der Waals surface area contributed by atoms with Crippen LogP contribution >= 0.6 is 0 Å². The van der Waals surface area contributed by atoms with E-state index < -0.39 is 0 Å². The number of aliphatic imine (C=N–C) groups is 1. The molecule has 0 saturated heterocycles. The van der Waals surface area contributed by atoms with Crippen LogP contribution in [0, 0.1) is 0 Å². The maximum absolute atomic E-state index is 12.0. The highest BCUT2D eigenvalue weighted by Crippen LogP contribution is 2.31. The smallest absolute Gasteiger partial charge is 0.241 e. The lowest BCUT2D eigenvalue weighted by Crippen LogP contribution is -2.45. The Morgan fingerprint density at radius 3 is 2.67 bits per heavy atom. The number of guanidine groups is 1. The number of rotatable bonds is 5. The lowest BCUT2D eigenvalue weighted by molar-refractivity contribution is -0.127. The summed E-state index contributed by atoms with van der Waals surface area (Å²) >= 11 is 0. The van der Waals surface area contributed by atoms with E-state index in [1.165, 1.54) is 0 Å². The van der Waals surface area contributed by atoms with Crippen LogP contribution in [0.2, 0.25) is 0 Å². The van der Waals surface area contributed by atoms with E-state index in [0.29, 0.717) is 19.1 Å². The molecule has 142 valence electrons. The summed E-state index contributed by atoms with van der Waals surface area (Å²) < 4.78 is 5.73. The summed E-state index contributed by atoms with van der Waals surface area (Å²) in [6.07, 6.45) is 0.838. The Hall–Kier alpha value is -3.02. The summed E-state index contributed by atoms with van der Waals surface area (Å²) in [5.41, 5.74) is 2.22. The molecule has 3 rings (SSSR count). The highest BCUT2D eigenvalue weighted by Gasteiger charge is 2.22. The number of fused-ring (bicyclic) bond motifs is 1. The number of hydrogen-bond donors (Lipinski definition) is 2. The Bertz CT molecular complexity index is 790. The number of ether oxygens (including phenoxy) is 1. The van der Waals surface area contributed by atoms with Gasteiger partial charge in [-0.1, -0.05) is 48.5 Å². The minimum absolute atomic E-state index is 0.00316. The van der Waals surface area contributed by atoms with Crippen molar-refractivity contribution in [1.82, 2.24) is 15.5 Å². The van der Waals surface area contributed by atoms with Crippen LogP contribution in [0.1, 0.15) is 23.6 Å². The van der Waals surface area contributed by atoms with Crippen LogP contribution < -0.4 is 15.4 Å². The lowest BCUT2D eigenvalue weighted by Gasteiger charge is -2.28. The fourth-order valence-corrected chi connectivity index (χ4v) is 2.88. The van der Waals surface area contributed by atoms with Gasteiger partial charge >= 0.3 is 0 Å². The third-order valence-corrected chi connectivity index (χ3v) is 4.44. The Morgan fingerprint density at radius 1 is 1.15 bits per heavy atom. The number of carbonyl (C=O) groups excluding carboxylic acids is 1. The average Bonchev–Trinajstić information content (AvgIpc) is 2.70. The predicted molar refractivity (Wildman–Crippen MR) is 107 cm³/mol. The molecule has 2 aromatic rings. The molecule has 1 heterocycles. The van der Waals surface area contributed by atoms with Gasteiger partial charge in [-0.15, -0.1) is 0 Å². The molecule has 0 bridgehead atoms. The van der Waals surface area contributed by atoms with Gasteiger partial charge in [0.1, 0.15) is 5.75 Å². The van der Waals surface area contributed by atoms with Gasteiger partial charge in [-0.3, -0.25) is 4.79 Å². The number of nitrogens with zero attached hydrogens (tertiary/aromatic N) is 2. The van der Waals surface area contributed by atoms with E-state index in [4.69, 9.17) is 4.74 Å². The molecule has 6 nitrogen and oxygen atoms in total. The molecule has 1 aliphatic rings. The molecule has 1 unspecified atom stereocenters. The molecule has 1 aliphatic heterocycles. The van der Waals surface area contributed by atoms with Gasteiger partial charge in [-0.25, -0.2) is 4.99 Å². The maximum Gasteiger partial charge on any atom is 0.241 e. The number of nitrogens with one attached hydrogen (secondary N) is 2. The SMILES string of the molecule is CN(C)C(=O)CNC(=NCc1ccccc1)NC1CCOc2ccccc21. The van der Waals surface area contributed by atoms with Crippen molar-refractivity contribution in [3.63, 3.8) is 0 Å². The van der Waals surface area contributed by atoms with E-state index >= 15 is 0 Å². The van der Waals surface area contributed by atoms with Crippen LogP contribution in [0.4, 0.5) is 0 Å². The molecule has 0 aromatic heterocycles. The Morgan fingerprint density at radius 2 is 1.89 bits per heavy atom. The van der Waals surface area contributed by atoms with Crippen molar-refractivity contribution in [3.05, 3.63) is 65.7 Å². The summed E-state index contributed by atoms with van der Waals surface area (Å²) in [6.45, 7) is 1.38. The van der Waals surface area contributed by atoms with Gasteiger partial charge in [-0.2, -0.15) is 0 Å². The minimum atomic E-state index is -0.00316. The summed E-state index contributed by atoms with van der Waals surface area (Å²) in [5, 5.41) is 6.62. The van der Waals surface area contributed by atoms with E-state index in [2.05, 4.69) is 21.7 Å². The molecule has 1 atom stereocenters. The Kier molecular flexibility index (Phi) is 6.30. The first-order chi connectivity index (χ1) is 13.1. The molecule has 6 heteroatoms. The maximum atomic E-state index is 12.0. The molecular formula is C21H26N4O2. The molecule has 0 radical (unpaired) electrons. The second kappa shape index (κ2) is 9.07. The van der Waals surface area contributed by atoms with Crippen molar-refractivity contribution in [2.45, 2.75) is 19.0 Å². The molecule has 0 fully saturated rings. The van der Waals surface area contributed by atoms with E-state index in [1.807, 2.05) is 48.5 Å². The zero-order valence-electron chi connectivity index (χ0n) is 15.8. The van der Waals surface area contributed by atoms with E-state index in [0.717, 1.165) is 23.3 Å². The molecule has 2 N–H and O–H groups in total. The van der Waals surface area contributed by atoms with Gasteiger partial charge in [0.2, 0.25) is 5.91 Å². The fraction of sp³-hybridized carbons (Fsp3) is 0.333. The topological polar surface area (TPSA) is 66.0 Å². The molecule has 0 saturated carbocycles. The predicted octanol–water partition coefficient (Wildman–Crippen LogP) is 2.33. The first-order valence-electron chi connectivity index (χ1n) is 9.14. The second-order valence-corrected chi connectivity index (χ2v) is 6.66. The Labute approximate surface area is 160 Å². The van der Waals surface area contributed by atoms with Gasteiger partial charge in [0.15, 0.2) is 5.96 Å². The Balaban J connectivity index is 1.74. The molecule has 0 aliphatic carbocycles. The summed E-state index contributed by atoms with van der Waals surface area (Å²) in [7, 11) is 3.49. The van der Waals surface area contributed by atoms with Crippen LogP contribution in [0.3, 0.4) is 0 Å². The first-order valence-corrected chi connectivity index (χ1v) is 9.14. The van der Waals surface area contributed by atoms with Gasteiger partial charge in [0.25, 0.3) is 0 Å². The third kappa shape index (κ3) is 5.23. The average molecular weight is 366 g/mol. The highest BCUT2D eigenvalue weighted by molar-refractivity contribution is 5.86. The first kappa shape index (κ1) is 18.8. The van der Waals surface area contributed by atoms with Crippen molar-refractivity contribution in [3.8, 4) is 5.75 Å². The largest absolute Gasteiger partial charge is 0.493 e. The van der Waals surface area contributed by atoms with Crippen molar-refractivity contribution < 1.29 is 9.53 Å². The van der Waals surface area contributed by atoms with Crippen LogP contribution in [0.5, 0.6) is 5.75 Å². The van der Waals surface area contributed by atoms with E-state index in [1.54, 1.807) is 19.0 Å². The molecular weight excluding hydrogens is 340 g/mol. The van der Waals surface area contributed by atoms with Crippen LogP contribution in [-0.4, -0.2) is 44.0 Å². The van der Waals surface area contributed by atoms with Crippen molar-refractivity contribution in [1.29, 1.82) is 0 Å². The van der Waals surface area contributed by atoms with Crippen molar-refractivity contribution in [2.24, 2.45) is 4.99 Å². The number of likely N-dealkylation sites (N-methyl/N-ethyl adjacent to an activating group) is 1. The van der Waals surface area contributed by atoms with Gasteiger partial charge in [0.05, 0.1) is 25.7 Å². The molecule has 1 amide bonds. The number of carbonyl (C=O) groups is 1. The normalized spacial score (nSPS) is 16.1. The minimum Gasteiger partial charge on any atom is -0.493 e. The molecule has 0 spiro atoms. The number of amides is 1. The monoisotopic (exact) mass is 366 g/mol. The lowest BCUT2D eigenvalue weighted by atomic mass is 10.0. The zero-order valence-corrected chi connectivity index (χ0v) is 15.8. The number of hydrogen-bond acceptors (Lipinski definition) is 3. The van der Waals surface area contributed by atoms with Crippen LogP contribution in [-0.2, 0) is 11.3 Å². The molecule has 27 heavy (non-hydrogen) atoms. The van der Waals surface area contributed by atoms with Gasteiger partial charge < -0.3 is 20.3 Å². The highest BCUT2D eigenvalue weighted by atomic mass is 16.5. The second-order valence-electron chi connectivity index (χ2n) is 6.66. The van der Waals surface area contributed by atoms with E-state index in [9.17, 15) is 4.79 Å². The molecule has 2 aromatic carbocycles. The third-order valence-electron chi connectivity index (χ3n) is 4.44. The quantitative estimate of drug-likeness (QED) is 0.630. The van der Waals surface area contributed by atoms with Crippen LogP contribution in [0.15, 0.2) is 59.6 Å². The summed E-state index contributed by atoms with van der Waals surface area (Å²) in [4.78, 5) is 18.2. The summed E-state index contributed by atoms with van der Waals surface area (Å²) in [5.74, 6) is 1.51. The summed E-state index contributed by atoms with van der Waals surface area (Å²) in [6, 6.07) is 18.2. The van der Waals surface area contributed by atoms with Crippen molar-refractivity contribution >= 4 is 11.9 Å². The van der Waals surface area contributed by atoms with Crippen molar-refractivity contribution in [2.75, 3.05) is 27.2 Å². The van der Waals surface area contributed by atoms with E-state index in [-0.39, 0.29) is 18.5 Å². The van der Waals surface area contributed by atoms with Gasteiger partial charge in [0, 0.05) is 26.1 Å². The van der Waals surface area contributed by atoms with Gasteiger partial charge in [-0.05, 0) is 11.6 Å². The zero-order chi connectivity index (χ0) is 19.1.